The van der Waals surface area contributed by atoms with Crippen molar-refractivity contribution in [3.63, 3.8) is 0 Å². The highest BCUT2D eigenvalue weighted by Gasteiger charge is 2.23. The summed E-state index contributed by atoms with van der Waals surface area (Å²) in [5.41, 5.74) is 13.5. The Bertz CT molecular complexity index is 970. The lowest BCUT2D eigenvalue weighted by atomic mass is 9.93. The average molecular weight is 421 g/mol. The molecule has 6 heteroatoms. The van der Waals surface area contributed by atoms with E-state index in [9.17, 15) is 0 Å². The number of anilines is 1. The molecule has 2 aromatic rings. The fourth-order valence-corrected chi connectivity index (χ4v) is 4.33. The number of amidine groups is 1. The van der Waals surface area contributed by atoms with E-state index in [1.165, 1.54) is 11.1 Å². The number of piperazine rings is 1. The Kier molecular flexibility index (Phi) is 7.44. The average Bonchev–Trinajstić information content (AvgIpc) is 2.75. The van der Waals surface area contributed by atoms with E-state index in [0.717, 1.165) is 79.5 Å². The molecule has 1 aliphatic heterocycles. The van der Waals surface area contributed by atoms with Crippen LogP contribution >= 0.6 is 0 Å². The van der Waals surface area contributed by atoms with Gasteiger partial charge in [-0.2, -0.15) is 0 Å². The van der Waals surface area contributed by atoms with Crippen LogP contribution in [-0.4, -0.2) is 67.1 Å². The van der Waals surface area contributed by atoms with Crippen LogP contribution < -0.4 is 5.73 Å². The Balaban J connectivity index is 2.13. The van der Waals surface area contributed by atoms with Gasteiger partial charge in [0.05, 0.1) is 11.4 Å². The molecule has 2 N–H and O–H groups in total. The van der Waals surface area contributed by atoms with Crippen molar-refractivity contribution in [2.75, 3.05) is 45.5 Å². The third-order valence-corrected chi connectivity index (χ3v) is 6.09. The summed E-state index contributed by atoms with van der Waals surface area (Å²) >= 11 is 0. The van der Waals surface area contributed by atoms with Crippen molar-refractivity contribution in [2.45, 2.75) is 40.5 Å². The third-order valence-electron chi connectivity index (χ3n) is 6.09. The molecule has 31 heavy (non-hydrogen) atoms. The predicted octanol–water partition coefficient (Wildman–Crippen LogP) is 4.25. The van der Waals surface area contributed by atoms with Crippen molar-refractivity contribution >= 4 is 24.1 Å². The molecular weight excluding hydrogens is 384 g/mol. The van der Waals surface area contributed by atoms with E-state index in [1.807, 2.05) is 6.07 Å². The Morgan fingerprint density at radius 2 is 1.87 bits per heavy atom. The Hall–Kier alpha value is -2.73. The largest absolute Gasteiger partial charge is 0.384 e. The number of aliphatic imine (C=N–C) groups is 2. The molecule has 3 rings (SSSR count). The molecule has 0 atom stereocenters. The number of benzene rings is 1. The maximum atomic E-state index is 6.11. The molecule has 2 heterocycles. The number of hydrogen-bond acceptors (Lipinski definition) is 5. The second-order valence-corrected chi connectivity index (χ2v) is 8.33. The van der Waals surface area contributed by atoms with Crippen molar-refractivity contribution in [1.82, 2.24) is 14.8 Å². The number of likely N-dealkylation sites (N-methyl/N-ethyl adjacent to an activating group) is 1. The number of pyridine rings is 1. The summed E-state index contributed by atoms with van der Waals surface area (Å²) in [5.74, 6) is 1.57. The molecule has 0 amide bonds. The van der Waals surface area contributed by atoms with Crippen LogP contribution in [-0.2, 0) is 6.42 Å². The van der Waals surface area contributed by atoms with Crippen molar-refractivity contribution in [2.24, 2.45) is 9.98 Å². The first-order valence-electron chi connectivity index (χ1n) is 11.3. The minimum absolute atomic E-state index is 0.545. The zero-order chi connectivity index (χ0) is 22.5. The smallest absolute Gasteiger partial charge is 0.133 e. The summed E-state index contributed by atoms with van der Waals surface area (Å²) in [4.78, 5) is 18.9. The second kappa shape index (κ2) is 10.1. The minimum Gasteiger partial charge on any atom is -0.384 e. The molecule has 1 aromatic carbocycles. The van der Waals surface area contributed by atoms with E-state index in [4.69, 9.17) is 15.7 Å². The van der Waals surface area contributed by atoms with Crippen molar-refractivity contribution < 1.29 is 0 Å². The standard InChI is InChI=1S/C25H36N6/c1-7-11-28-25(31-14-12-30(6)13-15-31)21-10-9-20(18(4)23(21)27-5)24-19(8-2)17(3)16-22(26)29-24/h9-10,16H,5,7-8,11-15H2,1-4,6H3,(H2,26,29). The molecule has 1 aliphatic rings. The lowest BCUT2D eigenvalue weighted by molar-refractivity contribution is 0.215. The molecule has 0 unspecified atom stereocenters. The maximum absolute atomic E-state index is 6.11. The molecule has 0 radical (unpaired) electrons. The van der Waals surface area contributed by atoms with Gasteiger partial charge in [-0.15, -0.1) is 0 Å². The topological polar surface area (TPSA) is 70.1 Å². The first-order chi connectivity index (χ1) is 14.9. The van der Waals surface area contributed by atoms with Gasteiger partial charge in [0, 0.05) is 43.9 Å². The van der Waals surface area contributed by atoms with E-state index >= 15 is 0 Å². The van der Waals surface area contributed by atoms with E-state index in [1.54, 1.807) is 0 Å². The van der Waals surface area contributed by atoms with E-state index in [-0.39, 0.29) is 0 Å². The quantitative estimate of drug-likeness (QED) is 0.560. The molecule has 166 valence electrons. The van der Waals surface area contributed by atoms with Crippen LogP contribution in [0.1, 0.15) is 42.5 Å². The zero-order valence-electron chi connectivity index (χ0n) is 19.7. The lowest BCUT2D eigenvalue weighted by Crippen LogP contribution is -2.47. The number of hydrogen-bond donors (Lipinski definition) is 1. The normalized spacial score (nSPS) is 15.4. The number of nitrogens with zero attached hydrogens (tertiary/aromatic N) is 5. The minimum atomic E-state index is 0.545. The first kappa shape index (κ1) is 22.9. The second-order valence-electron chi connectivity index (χ2n) is 8.33. The zero-order valence-corrected chi connectivity index (χ0v) is 19.7. The van der Waals surface area contributed by atoms with E-state index < -0.39 is 0 Å². The van der Waals surface area contributed by atoms with Gasteiger partial charge < -0.3 is 15.5 Å². The van der Waals surface area contributed by atoms with Crippen LogP contribution in [0.3, 0.4) is 0 Å². The summed E-state index contributed by atoms with van der Waals surface area (Å²) < 4.78 is 0. The van der Waals surface area contributed by atoms with Gasteiger partial charge in [-0.3, -0.25) is 9.98 Å². The highest BCUT2D eigenvalue weighted by molar-refractivity contribution is 6.04. The van der Waals surface area contributed by atoms with Crippen LogP contribution in [0.4, 0.5) is 11.5 Å². The molecule has 0 aliphatic carbocycles. The van der Waals surface area contributed by atoms with Gasteiger partial charge in [0.15, 0.2) is 0 Å². The number of rotatable bonds is 6. The van der Waals surface area contributed by atoms with Crippen molar-refractivity contribution in [3.8, 4) is 11.3 Å². The molecule has 0 spiro atoms. The van der Waals surface area contributed by atoms with Gasteiger partial charge in [-0.05, 0) is 69.3 Å². The predicted molar refractivity (Wildman–Crippen MR) is 133 cm³/mol. The van der Waals surface area contributed by atoms with Gasteiger partial charge in [0.1, 0.15) is 11.7 Å². The summed E-state index contributed by atoms with van der Waals surface area (Å²) in [7, 11) is 2.17. The maximum Gasteiger partial charge on any atom is 0.133 e. The highest BCUT2D eigenvalue weighted by Crippen LogP contribution is 2.36. The molecule has 0 saturated carbocycles. The van der Waals surface area contributed by atoms with Gasteiger partial charge in [-0.25, -0.2) is 4.98 Å². The Morgan fingerprint density at radius 1 is 1.16 bits per heavy atom. The Labute approximate surface area is 186 Å². The van der Waals surface area contributed by atoms with Gasteiger partial charge in [-0.1, -0.05) is 19.9 Å². The van der Waals surface area contributed by atoms with Crippen molar-refractivity contribution in [1.29, 1.82) is 0 Å². The molecular formula is C25H36N6. The Morgan fingerprint density at radius 3 is 2.48 bits per heavy atom. The van der Waals surface area contributed by atoms with Crippen LogP contribution in [0.15, 0.2) is 28.2 Å². The van der Waals surface area contributed by atoms with Crippen LogP contribution in [0.25, 0.3) is 11.3 Å². The summed E-state index contributed by atoms with van der Waals surface area (Å²) in [6.07, 6.45) is 1.91. The SMILES string of the molecule is C=Nc1c(C(=NCCC)N2CCN(C)CC2)ccc(-c2nc(N)cc(C)c2CC)c1C. The fraction of sp³-hybridized carbons (Fsp3) is 0.480. The van der Waals surface area contributed by atoms with E-state index in [2.05, 4.69) is 68.4 Å². The summed E-state index contributed by atoms with van der Waals surface area (Å²) in [6.45, 7) is 17.2. The lowest BCUT2D eigenvalue weighted by Gasteiger charge is -2.35. The fourth-order valence-electron chi connectivity index (χ4n) is 4.33. The number of nitrogens with two attached hydrogens (primary N) is 1. The van der Waals surface area contributed by atoms with Crippen LogP contribution in [0.2, 0.25) is 0 Å². The van der Waals surface area contributed by atoms with E-state index in [0.29, 0.717) is 5.82 Å². The number of nitrogen functional groups attached to an aromatic ring is 1. The van der Waals surface area contributed by atoms with Gasteiger partial charge in [0.2, 0.25) is 0 Å². The van der Waals surface area contributed by atoms with Crippen LogP contribution in [0, 0.1) is 13.8 Å². The molecule has 1 saturated heterocycles. The molecule has 0 bridgehead atoms. The van der Waals surface area contributed by atoms with Gasteiger partial charge in [0.25, 0.3) is 0 Å². The highest BCUT2D eigenvalue weighted by atomic mass is 15.3. The molecule has 1 aromatic heterocycles. The summed E-state index contributed by atoms with van der Waals surface area (Å²) in [5, 5.41) is 0. The molecule has 6 nitrogen and oxygen atoms in total. The first-order valence-corrected chi connectivity index (χ1v) is 11.3. The van der Waals surface area contributed by atoms with Crippen LogP contribution in [0.5, 0.6) is 0 Å². The third kappa shape index (κ3) is 4.79. The molecule has 1 fully saturated rings. The number of aromatic nitrogens is 1. The number of aryl methyl sites for hydroxylation is 1. The van der Waals surface area contributed by atoms with Gasteiger partial charge >= 0.3 is 0 Å². The monoisotopic (exact) mass is 420 g/mol. The summed E-state index contributed by atoms with van der Waals surface area (Å²) in [6, 6.07) is 6.23. The van der Waals surface area contributed by atoms with Crippen molar-refractivity contribution in [3.05, 3.63) is 40.5 Å².